The minimum Gasteiger partial charge on any atom is -0.496 e. The van der Waals surface area contributed by atoms with Gasteiger partial charge in [0.2, 0.25) is 5.75 Å². The summed E-state index contributed by atoms with van der Waals surface area (Å²) in [7, 11) is 5.91. The highest BCUT2D eigenvalue weighted by atomic mass is 32.1. The number of aromatic nitrogens is 2. The molecule has 0 aliphatic rings. The maximum absolute atomic E-state index is 14.0. The molecule has 1 aromatic heterocycles. The number of carboxylic acid groups (broad SMARTS) is 1. The van der Waals surface area contributed by atoms with E-state index >= 15 is 0 Å². The number of nitrogens with zero attached hydrogens (tertiary/aromatic N) is 2. The number of Topliss-reactive ketones (excluding diaryl/α,β-unsaturated/α-hetero) is 1. The highest BCUT2D eigenvalue weighted by Gasteiger charge is 2.27. The molecule has 3 aromatic carbocycles. The number of aliphatic carboxylic acids is 1. The van der Waals surface area contributed by atoms with Crippen LogP contribution in [0.15, 0.2) is 60.2 Å². The van der Waals surface area contributed by atoms with E-state index in [1.807, 2.05) is 0 Å². The van der Waals surface area contributed by atoms with Crippen LogP contribution in [0.3, 0.4) is 0 Å². The van der Waals surface area contributed by atoms with Gasteiger partial charge in [-0.3, -0.25) is 4.79 Å². The monoisotopic (exact) mass is 520 g/mol. The SMILES string of the molecule is COc1ccccc1C(=O)/C(Cc1cc(OC)c(OC)c(OC)c1)=C(\C(=O)O)c1ccc2nsnc2c1. The predicted molar refractivity (Wildman–Crippen MR) is 139 cm³/mol. The highest BCUT2D eigenvalue weighted by molar-refractivity contribution is 7.00. The molecule has 0 unspecified atom stereocenters. The first-order chi connectivity index (χ1) is 17.9. The number of ketones is 1. The Kier molecular flexibility index (Phi) is 7.69. The molecule has 0 bridgehead atoms. The van der Waals surface area contributed by atoms with E-state index in [-0.39, 0.29) is 23.1 Å². The zero-order valence-corrected chi connectivity index (χ0v) is 21.4. The summed E-state index contributed by atoms with van der Waals surface area (Å²) < 4.78 is 30.1. The standard InChI is InChI=1S/C27H24N2O7S/c1-33-21-8-6-5-7-17(21)25(30)18(11-15-12-22(34-2)26(36-4)23(13-15)35-3)24(27(31)32)16-9-10-19-20(14-16)29-37-28-19/h5-10,12-14H,11H2,1-4H3,(H,31,32)/b24-18-. The van der Waals surface area contributed by atoms with Crippen LogP contribution in [0.5, 0.6) is 23.0 Å². The van der Waals surface area contributed by atoms with Gasteiger partial charge < -0.3 is 24.1 Å². The summed E-state index contributed by atoms with van der Waals surface area (Å²) in [5, 5.41) is 10.4. The molecule has 0 saturated carbocycles. The number of methoxy groups -OCH3 is 4. The Labute approximate surface area is 217 Å². The van der Waals surface area contributed by atoms with Crippen molar-refractivity contribution in [3.05, 3.63) is 76.9 Å². The second kappa shape index (κ2) is 11.1. The zero-order valence-electron chi connectivity index (χ0n) is 20.6. The average Bonchev–Trinajstić information content (AvgIpc) is 3.39. The van der Waals surface area contributed by atoms with Gasteiger partial charge in [0, 0.05) is 12.0 Å². The van der Waals surface area contributed by atoms with Crippen molar-refractivity contribution < 1.29 is 33.6 Å². The fourth-order valence-corrected chi connectivity index (χ4v) is 4.60. The van der Waals surface area contributed by atoms with Crippen LogP contribution in [-0.2, 0) is 11.2 Å². The van der Waals surface area contributed by atoms with Crippen molar-refractivity contribution >= 4 is 40.1 Å². The van der Waals surface area contributed by atoms with E-state index in [0.717, 1.165) is 11.7 Å². The van der Waals surface area contributed by atoms with Gasteiger partial charge in [-0.1, -0.05) is 18.2 Å². The van der Waals surface area contributed by atoms with E-state index in [1.54, 1.807) is 54.6 Å². The summed E-state index contributed by atoms with van der Waals surface area (Å²) in [4.78, 5) is 26.7. The van der Waals surface area contributed by atoms with Crippen LogP contribution in [0.25, 0.3) is 16.6 Å². The topological polar surface area (TPSA) is 117 Å². The third kappa shape index (κ3) is 5.10. The molecule has 0 saturated heterocycles. The number of carboxylic acids is 1. The number of fused-ring (bicyclic) bond motifs is 1. The van der Waals surface area contributed by atoms with Crippen LogP contribution < -0.4 is 18.9 Å². The summed E-state index contributed by atoms with van der Waals surface area (Å²) in [5.41, 5.74) is 2.23. The van der Waals surface area contributed by atoms with Gasteiger partial charge in [0.1, 0.15) is 16.8 Å². The number of para-hydroxylation sites is 1. The molecule has 1 N–H and O–H groups in total. The molecule has 10 heteroatoms. The molecule has 0 spiro atoms. The molecule has 0 radical (unpaired) electrons. The Balaban J connectivity index is 1.97. The number of allylic oxidation sites excluding steroid dienone is 1. The van der Waals surface area contributed by atoms with Gasteiger partial charge in [-0.2, -0.15) is 8.75 Å². The number of benzene rings is 3. The molecule has 0 atom stereocenters. The number of ether oxygens (including phenoxy) is 4. The second-order valence-corrected chi connectivity index (χ2v) is 8.39. The summed E-state index contributed by atoms with van der Waals surface area (Å²) >= 11 is 1.03. The minimum atomic E-state index is -1.26. The van der Waals surface area contributed by atoms with E-state index in [2.05, 4.69) is 8.75 Å². The molecular formula is C27H24N2O7S. The predicted octanol–water partition coefficient (Wildman–Crippen LogP) is 4.69. The lowest BCUT2D eigenvalue weighted by Crippen LogP contribution is -2.15. The molecule has 9 nitrogen and oxygen atoms in total. The number of rotatable bonds is 10. The van der Waals surface area contributed by atoms with Crippen molar-refractivity contribution in [3.63, 3.8) is 0 Å². The Morgan fingerprint density at radius 2 is 1.46 bits per heavy atom. The van der Waals surface area contributed by atoms with E-state index < -0.39 is 11.8 Å². The van der Waals surface area contributed by atoms with Crippen molar-refractivity contribution in [1.29, 1.82) is 0 Å². The summed E-state index contributed by atoms with van der Waals surface area (Å²) in [6.45, 7) is 0. The Bertz CT molecular complexity index is 1480. The van der Waals surface area contributed by atoms with Gasteiger partial charge in [0.15, 0.2) is 17.3 Å². The average molecular weight is 521 g/mol. The number of hydrogen-bond donors (Lipinski definition) is 1. The third-order valence-electron chi connectivity index (χ3n) is 5.79. The molecule has 1 heterocycles. The molecule has 0 aliphatic carbocycles. The fourth-order valence-electron chi connectivity index (χ4n) is 4.08. The first kappa shape index (κ1) is 25.6. The van der Waals surface area contributed by atoms with E-state index in [4.69, 9.17) is 18.9 Å². The lowest BCUT2D eigenvalue weighted by molar-refractivity contribution is -0.130. The molecule has 0 aliphatic heterocycles. The summed E-state index contributed by atoms with van der Waals surface area (Å²) in [5.74, 6) is -0.261. The molecule has 190 valence electrons. The Morgan fingerprint density at radius 1 is 0.811 bits per heavy atom. The van der Waals surface area contributed by atoms with Crippen LogP contribution in [0.2, 0.25) is 0 Å². The van der Waals surface area contributed by atoms with Gasteiger partial charge >= 0.3 is 5.97 Å². The number of carbonyl (C=O) groups is 2. The third-order valence-corrected chi connectivity index (χ3v) is 6.35. The largest absolute Gasteiger partial charge is 0.496 e. The molecule has 0 fully saturated rings. The van der Waals surface area contributed by atoms with Gasteiger partial charge in [-0.25, -0.2) is 4.79 Å². The van der Waals surface area contributed by atoms with Gasteiger partial charge in [-0.15, -0.1) is 0 Å². The number of hydrogen-bond acceptors (Lipinski definition) is 9. The van der Waals surface area contributed by atoms with Gasteiger partial charge in [-0.05, 0) is 47.5 Å². The lowest BCUT2D eigenvalue weighted by Gasteiger charge is -2.17. The summed E-state index contributed by atoms with van der Waals surface area (Å²) in [6, 6.07) is 15.0. The van der Waals surface area contributed by atoms with Crippen molar-refractivity contribution in [2.24, 2.45) is 0 Å². The maximum Gasteiger partial charge on any atom is 0.336 e. The van der Waals surface area contributed by atoms with Crippen molar-refractivity contribution in [2.45, 2.75) is 6.42 Å². The Hall–Kier alpha value is -4.44. The van der Waals surface area contributed by atoms with Gasteiger partial charge in [0.25, 0.3) is 0 Å². The van der Waals surface area contributed by atoms with E-state index in [9.17, 15) is 14.7 Å². The minimum absolute atomic E-state index is 0.0391. The van der Waals surface area contributed by atoms with E-state index in [1.165, 1.54) is 28.4 Å². The second-order valence-electron chi connectivity index (χ2n) is 7.87. The Morgan fingerprint density at radius 3 is 2.08 bits per heavy atom. The van der Waals surface area contributed by atoms with Crippen LogP contribution >= 0.6 is 11.7 Å². The molecule has 4 rings (SSSR count). The van der Waals surface area contributed by atoms with Crippen molar-refractivity contribution in [1.82, 2.24) is 8.75 Å². The normalized spacial score (nSPS) is 11.6. The quantitative estimate of drug-likeness (QED) is 0.235. The highest BCUT2D eigenvalue weighted by Crippen LogP contribution is 2.39. The lowest BCUT2D eigenvalue weighted by atomic mass is 9.89. The molecular weight excluding hydrogens is 496 g/mol. The van der Waals surface area contributed by atoms with Crippen molar-refractivity contribution in [2.75, 3.05) is 28.4 Å². The number of carbonyl (C=O) groups excluding carboxylic acids is 1. The molecule has 0 amide bonds. The van der Waals surface area contributed by atoms with Crippen LogP contribution in [0.4, 0.5) is 0 Å². The van der Waals surface area contributed by atoms with E-state index in [0.29, 0.717) is 45.2 Å². The van der Waals surface area contributed by atoms with Gasteiger partial charge in [0.05, 0.1) is 51.3 Å². The van der Waals surface area contributed by atoms with Crippen molar-refractivity contribution in [3.8, 4) is 23.0 Å². The summed E-state index contributed by atoms with van der Waals surface area (Å²) in [6.07, 6.45) is -0.0391. The first-order valence-electron chi connectivity index (χ1n) is 11.1. The molecule has 37 heavy (non-hydrogen) atoms. The van der Waals surface area contributed by atoms with Crippen LogP contribution in [0.1, 0.15) is 21.5 Å². The van der Waals surface area contributed by atoms with Crippen LogP contribution in [-0.4, -0.2) is 54.0 Å². The molecule has 4 aromatic rings. The maximum atomic E-state index is 14.0. The first-order valence-corrected chi connectivity index (χ1v) is 11.8. The smallest absolute Gasteiger partial charge is 0.336 e. The van der Waals surface area contributed by atoms with Crippen LogP contribution in [0, 0.1) is 0 Å². The zero-order chi connectivity index (χ0) is 26.5. The fraction of sp³-hybridized carbons (Fsp3) is 0.185.